The van der Waals surface area contributed by atoms with E-state index in [0.29, 0.717) is 0 Å². The van der Waals surface area contributed by atoms with Crippen LogP contribution in [0, 0.1) is 5.82 Å². The van der Waals surface area contributed by atoms with Crippen molar-refractivity contribution < 1.29 is 28.3 Å². The zero-order valence-electron chi connectivity index (χ0n) is 11.9. The SMILES string of the molecule is O=C(COC(=O)c1cccc(F)c1)NCCN1C(=O)CSC1=O. The normalized spacial score (nSPS) is 14.0. The van der Waals surface area contributed by atoms with Crippen molar-refractivity contribution in [3.05, 3.63) is 35.6 Å². The second-order valence-electron chi connectivity index (χ2n) is 4.54. The molecular formula is C14H13FN2O5S. The lowest BCUT2D eigenvalue weighted by atomic mass is 10.2. The summed E-state index contributed by atoms with van der Waals surface area (Å²) in [4.78, 5) is 46.8. The zero-order valence-corrected chi connectivity index (χ0v) is 12.7. The fourth-order valence-electron chi connectivity index (χ4n) is 1.79. The number of hydrogen-bond donors (Lipinski definition) is 1. The molecule has 23 heavy (non-hydrogen) atoms. The minimum Gasteiger partial charge on any atom is -0.452 e. The third kappa shape index (κ3) is 4.78. The van der Waals surface area contributed by atoms with Crippen LogP contribution in [0.5, 0.6) is 0 Å². The number of benzene rings is 1. The van der Waals surface area contributed by atoms with Gasteiger partial charge >= 0.3 is 5.97 Å². The van der Waals surface area contributed by atoms with E-state index in [-0.39, 0.29) is 35.6 Å². The Morgan fingerprint density at radius 2 is 2.13 bits per heavy atom. The third-order valence-corrected chi connectivity index (χ3v) is 3.75. The predicted octanol–water partition coefficient (Wildman–Crippen LogP) is 0.794. The average Bonchev–Trinajstić information content (AvgIpc) is 2.84. The minimum absolute atomic E-state index is 0.00286. The molecule has 0 unspecified atom stereocenters. The fraction of sp³-hybridized carbons (Fsp3) is 0.286. The molecule has 1 saturated heterocycles. The predicted molar refractivity (Wildman–Crippen MR) is 79.3 cm³/mol. The summed E-state index contributed by atoms with van der Waals surface area (Å²) in [6.07, 6.45) is 0. The maximum atomic E-state index is 13.0. The molecule has 3 amide bonds. The molecule has 0 radical (unpaired) electrons. The lowest BCUT2D eigenvalue weighted by molar-refractivity contribution is -0.126. The third-order valence-electron chi connectivity index (χ3n) is 2.89. The van der Waals surface area contributed by atoms with Crippen molar-refractivity contribution in [2.75, 3.05) is 25.4 Å². The van der Waals surface area contributed by atoms with E-state index in [9.17, 15) is 23.6 Å². The van der Waals surface area contributed by atoms with Gasteiger partial charge in [-0.3, -0.25) is 19.3 Å². The van der Waals surface area contributed by atoms with Crippen molar-refractivity contribution in [3.8, 4) is 0 Å². The van der Waals surface area contributed by atoms with E-state index in [1.54, 1.807) is 0 Å². The Hall–Kier alpha value is -2.42. The second-order valence-corrected chi connectivity index (χ2v) is 5.46. The average molecular weight is 340 g/mol. The summed E-state index contributed by atoms with van der Waals surface area (Å²) < 4.78 is 17.7. The lowest BCUT2D eigenvalue weighted by Crippen LogP contribution is -2.38. The molecule has 1 N–H and O–H groups in total. The summed E-state index contributed by atoms with van der Waals surface area (Å²) in [5.74, 6) is -2.17. The number of nitrogens with zero attached hydrogens (tertiary/aromatic N) is 1. The highest BCUT2D eigenvalue weighted by Gasteiger charge is 2.29. The Bertz CT molecular complexity index is 636. The number of amides is 3. The number of imide groups is 1. The molecule has 0 aromatic heterocycles. The standard InChI is InChI=1S/C14H13FN2O5S/c15-10-3-1-2-9(6-10)13(20)22-7-11(18)16-4-5-17-12(19)8-23-14(17)21/h1-3,6H,4-5,7-8H2,(H,16,18). The Kier molecular flexibility index (Phi) is 5.69. The number of hydrogen-bond acceptors (Lipinski definition) is 6. The van der Waals surface area contributed by atoms with Crippen LogP contribution in [0.4, 0.5) is 9.18 Å². The van der Waals surface area contributed by atoms with Crippen LogP contribution in [-0.2, 0) is 14.3 Å². The number of carbonyl (C=O) groups is 4. The van der Waals surface area contributed by atoms with Crippen molar-refractivity contribution in [1.29, 1.82) is 0 Å². The maximum absolute atomic E-state index is 13.0. The van der Waals surface area contributed by atoms with Crippen LogP contribution in [0.3, 0.4) is 0 Å². The summed E-state index contributed by atoms with van der Waals surface area (Å²) in [6.45, 7) is -0.408. The molecule has 1 aromatic carbocycles. The van der Waals surface area contributed by atoms with Gasteiger partial charge in [0, 0.05) is 13.1 Å². The van der Waals surface area contributed by atoms with Gasteiger partial charge in [0.05, 0.1) is 11.3 Å². The molecule has 1 heterocycles. The van der Waals surface area contributed by atoms with Gasteiger partial charge in [0.15, 0.2) is 6.61 Å². The van der Waals surface area contributed by atoms with Gasteiger partial charge in [0.2, 0.25) is 5.91 Å². The van der Waals surface area contributed by atoms with Gasteiger partial charge in [-0.1, -0.05) is 17.8 Å². The van der Waals surface area contributed by atoms with Crippen molar-refractivity contribution in [2.45, 2.75) is 0 Å². The minimum atomic E-state index is -0.819. The summed E-state index contributed by atoms with van der Waals surface area (Å²) in [5.41, 5.74) is 0.00286. The molecule has 122 valence electrons. The molecule has 0 bridgehead atoms. The number of halogens is 1. The van der Waals surface area contributed by atoms with E-state index in [0.717, 1.165) is 22.7 Å². The first-order valence-electron chi connectivity index (χ1n) is 6.64. The molecule has 0 aliphatic carbocycles. The molecule has 0 atom stereocenters. The Morgan fingerprint density at radius 1 is 1.35 bits per heavy atom. The van der Waals surface area contributed by atoms with E-state index in [1.807, 2.05) is 0 Å². The van der Waals surface area contributed by atoms with Crippen molar-refractivity contribution in [1.82, 2.24) is 10.2 Å². The lowest BCUT2D eigenvalue weighted by Gasteiger charge is -2.13. The van der Waals surface area contributed by atoms with Crippen molar-refractivity contribution in [2.24, 2.45) is 0 Å². The van der Waals surface area contributed by atoms with Crippen LogP contribution in [0.25, 0.3) is 0 Å². The number of esters is 1. The molecule has 2 rings (SSSR count). The second kappa shape index (κ2) is 7.73. The van der Waals surface area contributed by atoms with E-state index < -0.39 is 24.3 Å². The van der Waals surface area contributed by atoms with Gasteiger partial charge in [-0.15, -0.1) is 0 Å². The van der Waals surface area contributed by atoms with Crippen LogP contribution >= 0.6 is 11.8 Å². The van der Waals surface area contributed by atoms with Crippen molar-refractivity contribution >= 4 is 34.8 Å². The highest BCUT2D eigenvalue weighted by atomic mass is 32.2. The van der Waals surface area contributed by atoms with Crippen LogP contribution in [0.15, 0.2) is 24.3 Å². The highest BCUT2D eigenvalue weighted by molar-refractivity contribution is 8.14. The van der Waals surface area contributed by atoms with E-state index in [4.69, 9.17) is 4.74 Å². The first-order chi connectivity index (χ1) is 11.0. The van der Waals surface area contributed by atoms with Gasteiger partial charge in [-0.2, -0.15) is 0 Å². The molecule has 9 heteroatoms. The largest absolute Gasteiger partial charge is 0.452 e. The summed E-state index contributed by atoms with van der Waals surface area (Å²) in [7, 11) is 0. The van der Waals surface area contributed by atoms with Crippen LogP contribution in [0.1, 0.15) is 10.4 Å². The Morgan fingerprint density at radius 3 is 2.78 bits per heavy atom. The van der Waals surface area contributed by atoms with E-state index in [2.05, 4.69) is 5.32 Å². The molecule has 1 aliphatic rings. The molecule has 0 saturated carbocycles. The summed E-state index contributed by atoms with van der Waals surface area (Å²) in [6, 6.07) is 4.91. The summed E-state index contributed by atoms with van der Waals surface area (Å²) in [5, 5.41) is 2.08. The van der Waals surface area contributed by atoms with Crippen LogP contribution in [-0.4, -0.2) is 53.4 Å². The van der Waals surface area contributed by atoms with E-state index >= 15 is 0 Å². The highest BCUT2D eigenvalue weighted by Crippen LogP contribution is 2.17. The quantitative estimate of drug-likeness (QED) is 0.770. The molecule has 1 fully saturated rings. The molecule has 1 aromatic rings. The smallest absolute Gasteiger partial charge is 0.338 e. The number of carbonyl (C=O) groups excluding carboxylic acids is 4. The number of ether oxygens (including phenoxy) is 1. The van der Waals surface area contributed by atoms with E-state index in [1.165, 1.54) is 18.2 Å². The fourth-order valence-corrected chi connectivity index (χ4v) is 2.54. The molecule has 7 nitrogen and oxygen atoms in total. The summed E-state index contributed by atoms with van der Waals surface area (Å²) >= 11 is 0.910. The monoisotopic (exact) mass is 340 g/mol. The topological polar surface area (TPSA) is 92.8 Å². The van der Waals surface area contributed by atoms with Crippen LogP contribution < -0.4 is 5.32 Å². The van der Waals surface area contributed by atoms with Gasteiger partial charge in [-0.05, 0) is 18.2 Å². The Labute approximate surface area is 135 Å². The number of rotatable bonds is 6. The first kappa shape index (κ1) is 16.9. The number of thioether (sulfide) groups is 1. The van der Waals surface area contributed by atoms with Gasteiger partial charge in [0.1, 0.15) is 5.82 Å². The molecular weight excluding hydrogens is 327 g/mol. The molecule has 0 spiro atoms. The maximum Gasteiger partial charge on any atom is 0.338 e. The van der Waals surface area contributed by atoms with Gasteiger partial charge in [-0.25, -0.2) is 9.18 Å². The van der Waals surface area contributed by atoms with Crippen molar-refractivity contribution in [3.63, 3.8) is 0 Å². The zero-order chi connectivity index (χ0) is 16.8. The number of nitrogens with one attached hydrogen (secondary N) is 1. The molecule has 1 aliphatic heterocycles. The van der Waals surface area contributed by atoms with Gasteiger partial charge in [0.25, 0.3) is 11.1 Å². The van der Waals surface area contributed by atoms with Crippen LogP contribution in [0.2, 0.25) is 0 Å². The first-order valence-corrected chi connectivity index (χ1v) is 7.62. The Balaban J connectivity index is 1.70. The van der Waals surface area contributed by atoms with Gasteiger partial charge < -0.3 is 10.1 Å².